The minimum atomic E-state index is -1.59. The highest BCUT2D eigenvalue weighted by atomic mass is 16.6. The predicted molar refractivity (Wildman–Crippen MR) is 109 cm³/mol. The number of hydrogen-bond donors (Lipinski definition) is 5. The lowest BCUT2D eigenvalue weighted by atomic mass is 10.1. The van der Waals surface area contributed by atoms with Gasteiger partial charge in [-0.2, -0.15) is 0 Å². The van der Waals surface area contributed by atoms with Gasteiger partial charge in [0.15, 0.2) is 0 Å². The number of carboxylic acid groups (broad SMARTS) is 2. The third kappa shape index (κ3) is 7.95. The summed E-state index contributed by atoms with van der Waals surface area (Å²) in [4.78, 5) is 38.7. The van der Waals surface area contributed by atoms with Gasteiger partial charge in [0.25, 0.3) is 0 Å². The molecule has 5 N–H and O–H groups in total. The molecule has 0 aromatic heterocycles. The van der Waals surface area contributed by atoms with Crippen LogP contribution in [0.3, 0.4) is 0 Å². The van der Waals surface area contributed by atoms with E-state index in [2.05, 4.69) is 20.9 Å². The summed E-state index contributed by atoms with van der Waals surface area (Å²) in [6, 6.07) is 4.88. The number of hydrogen-bond acceptors (Lipinski definition) is 6. The Bertz CT molecular complexity index is 773. The van der Waals surface area contributed by atoms with Crippen LogP contribution in [0.15, 0.2) is 23.2 Å². The maximum Gasteiger partial charge on any atom is 0.417 e. The van der Waals surface area contributed by atoms with Crippen LogP contribution in [0.1, 0.15) is 33.3 Å². The number of nitrogens with one attached hydrogen (secondary N) is 3. The fourth-order valence-corrected chi connectivity index (χ4v) is 2.24. The molecule has 0 saturated heterocycles. The van der Waals surface area contributed by atoms with E-state index in [1.54, 1.807) is 52.9 Å². The smallest absolute Gasteiger partial charge is 0.417 e. The maximum atomic E-state index is 12.0. The number of aliphatic imine (C=N–C) groups is 1. The molecule has 3 amide bonds. The summed E-state index contributed by atoms with van der Waals surface area (Å²) in [7, 11) is 1.63. The van der Waals surface area contributed by atoms with Gasteiger partial charge in [0, 0.05) is 25.0 Å². The first-order chi connectivity index (χ1) is 13.5. The van der Waals surface area contributed by atoms with E-state index in [-0.39, 0.29) is 17.4 Å². The number of amides is 3. The van der Waals surface area contributed by atoms with E-state index in [0.717, 1.165) is 0 Å². The summed E-state index contributed by atoms with van der Waals surface area (Å²) in [6.45, 7) is 6.98. The van der Waals surface area contributed by atoms with Crippen molar-refractivity contribution in [3.05, 3.63) is 23.8 Å². The molecule has 160 valence electrons. The monoisotopic (exact) mass is 409 g/mol. The van der Waals surface area contributed by atoms with Crippen molar-refractivity contribution in [1.29, 1.82) is 0 Å². The minimum Gasteiger partial charge on any atom is -0.465 e. The van der Waals surface area contributed by atoms with E-state index in [1.165, 1.54) is 0 Å². The second-order valence-electron chi connectivity index (χ2n) is 6.85. The zero-order valence-corrected chi connectivity index (χ0v) is 17.1. The Labute approximate surface area is 168 Å². The van der Waals surface area contributed by atoms with Gasteiger partial charge in [-0.05, 0) is 51.5 Å². The Morgan fingerprint density at radius 2 is 1.79 bits per heavy atom. The van der Waals surface area contributed by atoms with E-state index in [1.807, 2.05) is 0 Å². The van der Waals surface area contributed by atoms with E-state index < -0.39 is 23.9 Å². The molecule has 0 bridgehead atoms. The van der Waals surface area contributed by atoms with Crippen LogP contribution in [0, 0.1) is 0 Å². The van der Waals surface area contributed by atoms with Gasteiger partial charge in [-0.1, -0.05) is 0 Å². The van der Waals surface area contributed by atoms with Crippen LogP contribution in [0.25, 0.3) is 0 Å². The number of guanidine groups is 1. The van der Waals surface area contributed by atoms with Crippen molar-refractivity contribution < 1.29 is 29.3 Å². The number of alkyl carbamates (subject to hydrolysis) is 1. The number of anilines is 2. The lowest BCUT2D eigenvalue weighted by molar-refractivity contribution is 0.0562. The molecule has 29 heavy (non-hydrogen) atoms. The Morgan fingerprint density at radius 3 is 2.28 bits per heavy atom. The van der Waals surface area contributed by atoms with Gasteiger partial charge in [0.05, 0.1) is 6.54 Å². The number of ether oxygens (including phenoxy) is 1. The van der Waals surface area contributed by atoms with Crippen molar-refractivity contribution in [2.75, 3.05) is 24.2 Å². The van der Waals surface area contributed by atoms with E-state index in [4.69, 9.17) is 14.9 Å². The Morgan fingerprint density at radius 1 is 1.17 bits per heavy atom. The number of rotatable bonds is 5. The summed E-state index contributed by atoms with van der Waals surface area (Å²) in [5.41, 5.74) is 0.755. The fourth-order valence-electron chi connectivity index (χ4n) is 2.24. The molecule has 0 aliphatic heterocycles. The Hall–Kier alpha value is -3.50. The van der Waals surface area contributed by atoms with Crippen molar-refractivity contribution in [3.8, 4) is 0 Å². The molecule has 0 heterocycles. The topological polar surface area (TPSA) is 153 Å². The number of carbonyl (C=O) groups is 3. The molecular weight excluding hydrogens is 382 g/mol. The summed E-state index contributed by atoms with van der Waals surface area (Å²) in [5.74, 6) is 0.137. The molecule has 0 aliphatic carbocycles. The molecule has 0 saturated carbocycles. The molecule has 1 aromatic rings. The number of imide groups is 1. The van der Waals surface area contributed by atoms with Crippen LogP contribution in [0.2, 0.25) is 0 Å². The number of nitrogens with zero attached hydrogens (tertiary/aromatic N) is 2. The summed E-state index contributed by atoms with van der Waals surface area (Å²) in [5, 5.41) is 26.5. The first-order valence-corrected chi connectivity index (χ1v) is 8.82. The minimum absolute atomic E-state index is 0.137. The van der Waals surface area contributed by atoms with Gasteiger partial charge in [-0.15, -0.1) is 0 Å². The first-order valence-electron chi connectivity index (χ1n) is 8.82. The largest absolute Gasteiger partial charge is 0.465 e. The van der Waals surface area contributed by atoms with Gasteiger partial charge < -0.3 is 25.6 Å². The summed E-state index contributed by atoms with van der Waals surface area (Å²) in [6.07, 6.45) is -3.86. The van der Waals surface area contributed by atoms with Crippen LogP contribution < -0.4 is 16.0 Å². The van der Waals surface area contributed by atoms with Crippen molar-refractivity contribution in [2.24, 2.45) is 4.99 Å². The molecule has 0 atom stereocenters. The zero-order valence-electron chi connectivity index (χ0n) is 17.1. The van der Waals surface area contributed by atoms with Crippen LogP contribution >= 0.6 is 0 Å². The van der Waals surface area contributed by atoms with E-state index >= 15 is 0 Å². The molecule has 0 spiro atoms. The zero-order chi connectivity index (χ0) is 22.2. The fraction of sp³-hybridized carbons (Fsp3) is 0.444. The van der Waals surface area contributed by atoms with E-state index in [9.17, 15) is 14.4 Å². The first kappa shape index (κ1) is 23.5. The lowest BCUT2D eigenvalue weighted by Crippen LogP contribution is -2.40. The summed E-state index contributed by atoms with van der Waals surface area (Å²) >= 11 is 0. The van der Waals surface area contributed by atoms with Crippen molar-refractivity contribution in [2.45, 2.75) is 39.8 Å². The third-order valence-corrected chi connectivity index (χ3v) is 3.36. The van der Waals surface area contributed by atoms with Gasteiger partial charge in [-0.3, -0.25) is 10.3 Å². The molecule has 1 aromatic carbocycles. The molecule has 0 aliphatic rings. The average molecular weight is 409 g/mol. The van der Waals surface area contributed by atoms with E-state index in [0.29, 0.717) is 23.5 Å². The highest BCUT2D eigenvalue weighted by Gasteiger charge is 2.22. The quantitative estimate of drug-likeness (QED) is 0.367. The van der Waals surface area contributed by atoms with Crippen LogP contribution in [0.4, 0.5) is 25.8 Å². The Balaban J connectivity index is 3.07. The van der Waals surface area contributed by atoms with Gasteiger partial charge >= 0.3 is 18.3 Å². The predicted octanol–water partition coefficient (Wildman–Crippen LogP) is 3.20. The van der Waals surface area contributed by atoms with Crippen LogP contribution in [-0.4, -0.2) is 58.5 Å². The van der Waals surface area contributed by atoms with Gasteiger partial charge in [-0.25, -0.2) is 19.3 Å². The van der Waals surface area contributed by atoms with Crippen molar-refractivity contribution in [3.63, 3.8) is 0 Å². The average Bonchev–Trinajstić information content (AvgIpc) is 2.57. The molecule has 0 unspecified atom stereocenters. The second-order valence-corrected chi connectivity index (χ2v) is 6.85. The van der Waals surface area contributed by atoms with Crippen molar-refractivity contribution >= 4 is 35.6 Å². The van der Waals surface area contributed by atoms with Crippen molar-refractivity contribution in [1.82, 2.24) is 10.2 Å². The second kappa shape index (κ2) is 10.2. The van der Waals surface area contributed by atoms with Gasteiger partial charge in [0.1, 0.15) is 5.60 Å². The van der Waals surface area contributed by atoms with Crippen LogP contribution in [-0.2, 0) is 11.3 Å². The molecule has 11 heteroatoms. The highest BCUT2D eigenvalue weighted by molar-refractivity contribution is 6.02. The highest BCUT2D eigenvalue weighted by Crippen LogP contribution is 2.22. The number of carbonyl (C=O) groups excluding carboxylic acids is 1. The van der Waals surface area contributed by atoms with Gasteiger partial charge in [0.2, 0.25) is 5.96 Å². The van der Waals surface area contributed by atoms with Crippen LogP contribution in [0.5, 0.6) is 0 Å². The summed E-state index contributed by atoms with van der Waals surface area (Å²) < 4.78 is 5.20. The molecular formula is C18H27N5O6. The molecule has 0 radical (unpaired) electrons. The lowest BCUT2D eigenvalue weighted by Gasteiger charge is -2.21. The SMILES string of the molecule is CCN=C(NC(=O)OC(C)(C)C)Nc1ccc(NC)c(CN(C(=O)O)C(=O)O)c1. The number of benzene rings is 1. The molecule has 0 fully saturated rings. The molecule has 11 nitrogen and oxygen atoms in total. The third-order valence-electron chi connectivity index (χ3n) is 3.36. The Kier molecular flexibility index (Phi) is 8.24. The molecule has 1 rings (SSSR count). The normalized spacial score (nSPS) is 11.4. The maximum absolute atomic E-state index is 12.0. The standard InChI is InChI=1S/C18H27N5O6/c1-6-20-14(22-15(24)29-18(2,3)4)21-12-7-8-13(19-5)11(9-12)10-23(16(25)26)17(27)28/h7-9,19H,6,10H2,1-5H3,(H,25,26)(H,27,28)(H2,20,21,22,24).